The van der Waals surface area contributed by atoms with Gasteiger partial charge in [0.1, 0.15) is 19.0 Å². The zero-order valence-electron chi connectivity index (χ0n) is 27.2. The second kappa shape index (κ2) is 14.3. The van der Waals surface area contributed by atoms with E-state index in [-0.39, 0.29) is 36.0 Å². The molecule has 1 saturated carbocycles. The van der Waals surface area contributed by atoms with E-state index in [4.69, 9.17) is 21.1 Å². The van der Waals surface area contributed by atoms with Crippen LogP contribution in [0.3, 0.4) is 0 Å². The Morgan fingerprint density at radius 1 is 0.979 bits per heavy atom. The highest BCUT2D eigenvalue weighted by molar-refractivity contribution is 7.90. The molecule has 2 amide bonds. The molecule has 10 nitrogen and oxygen atoms in total. The molecule has 0 unspecified atom stereocenters. The van der Waals surface area contributed by atoms with Crippen molar-refractivity contribution in [1.29, 1.82) is 0 Å². The number of nitrogens with one attached hydrogen (secondary N) is 1. The summed E-state index contributed by atoms with van der Waals surface area (Å²) in [4.78, 5) is 30.5. The summed E-state index contributed by atoms with van der Waals surface area (Å²) in [6.45, 7) is 5.89. The first-order chi connectivity index (χ1) is 22.5. The lowest BCUT2D eigenvalue weighted by Crippen LogP contribution is -2.52. The van der Waals surface area contributed by atoms with Crippen molar-refractivity contribution in [3.8, 4) is 5.75 Å². The van der Waals surface area contributed by atoms with Gasteiger partial charge in [0.25, 0.3) is 5.91 Å². The summed E-state index contributed by atoms with van der Waals surface area (Å²) in [5, 5.41) is 11.5. The van der Waals surface area contributed by atoms with Crippen LogP contribution in [0.4, 0.5) is 5.69 Å². The lowest BCUT2D eigenvalue weighted by Gasteiger charge is -2.45. The van der Waals surface area contributed by atoms with Gasteiger partial charge in [-0.3, -0.25) is 9.59 Å². The van der Waals surface area contributed by atoms with Crippen molar-refractivity contribution in [2.45, 2.75) is 82.8 Å². The van der Waals surface area contributed by atoms with Crippen molar-refractivity contribution < 1.29 is 32.6 Å². The number of hydrogen-bond donors (Lipinski definition) is 2. The smallest absolute Gasteiger partial charge is 0.264 e. The van der Waals surface area contributed by atoms with Gasteiger partial charge < -0.3 is 24.4 Å². The highest BCUT2D eigenvalue weighted by Gasteiger charge is 2.41. The highest BCUT2D eigenvalue weighted by atomic mass is 35.5. The molecule has 2 bridgehead atoms. The van der Waals surface area contributed by atoms with E-state index in [2.05, 4.69) is 9.62 Å². The van der Waals surface area contributed by atoms with Crippen molar-refractivity contribution in [2.24, 2.45) is 17.8 Å². The maximum absolute atomic E-state index is 13.6. The fourth-order valence-electron chi connectivity index (χ4n) is 7.62. The van der Waals surface area contributed by atoms with Crippen LogP contribution in [-0.4, -0.2) is 80.5 Å². The molecule has 3 aliphatic heterocycles. The molecule has 6 rings (SSSR count). The summed E-state index contributed by atoms with van der Waals surface area (Å²) < 4.78 is 41.2. The maximum atomic E-state index is 13.6. The Labute approximate surface area is 282 Å². The van der Waals surface area contributed by atoms with Gasteiger partial charge >= 0.3 is 0 Å². The minimum absolute atomic E-state index is 0.0217. The number of amides is 2. The van der Waals surface area contributed by atoms with Crippen molar-refractivity contribution in [3.05, 3.63) is 58.1 Å². The van der Waals surface area contributed by atoms with E-state index >= 15 is 0 Å². The summed E-state index contributed by atoms with van der Waals surface area (Å²) >= 11 is 6.33. The predicted octanol–water partition coefficient (Wildman–Crippen LogP) is 4.55. The molecule has 0 radical (unpaired) electrons. The van der Waals surface area contributed by atoms with Gasteiger partial charge in [0, 0.05) is 36.3 Å². The summed E-state index contributed by atoms with van der Waals surface area (Å²) in [7, 11) is -4.07. The number of hydrogen-bond acceptors (Lipinski definition) is 8. The minimum Gasteiger partial charge on any atom is -0.487 e. The first kappa shape index (κ1) is 34.0. The SMILES string of the molecule is C[C@@H]1[C@@H](C)C[C@H](N2CCOCC2=O)C[C@H](O)[C@@H]2CC[C@H]2CN2CCCCc3cc(Cl)ccc3COc3ccc(cc32)C(=O)NS1(=O)=O. The number of carbonyl (C=O) groups excluding carboxylic acids is 2. The molecular formula is C35H46ClN3O7S. The standard InChI is InChI=1S/C35H46ClN3O7S/c1-22-15-29(39-13-14-45-21-34(39)41)18-32(40)30-10-7-26(30)19-38-12-4-3-5-24-16-28(36)9-6-27(24)20-46-33-11-8-25(17-31(33)38)35(42)37-47(43,44)23(22)2/h6,8-9,11,16-17,22-23,26,29-30,32,40H,3-5,7,10,12-15,18-21H2,1-2H3,(H,37,42)/t22-,23+,26-,29-,30+,32-/m0/s1. The second-order valence-corrected chi connectivity index (χ2v) is 16.3. The number of ether oxygens (including phenoxy) is 2. The average molecular weight is 688 g/mol. The summed E-state index contributed by atoms with van der Waals surface area (Å²) in [6.07, 6.45) is 4.61. The van der Waals surface area contributed by atoms with Gasteiger partial charge in [-0.15, -0.1) is 0 Å². The summed E-state index contributed by atoms with van der Waals surface area (Å²) in [6, 6.07) is 10.6. The molecular weight excluding hydrogens is 642 g/mol. The zero-order valence-corrected chi connectivity index (χ0v) is 28.8. The fourth-order valence-corrected chi connectivity index (χ4v) is 9.10. The molecule has 4 aliphatic rings. The Hall–Kier alpha value is -2.86. The molecule has 47 heavy (non-hydrogen) atoms. The van der Waals surface area contributed by atoms with E-state index in [0.29, 0.717) is 56.5 Å². The summed E-state index contributed by atoms with van der Waals surface area (Å²) in [5.74, 6) is -0.376. The molecule has 12 heteroatoms. The van der Waals surface area contributed by atoms with Crippen LogP contribution in [0.5, 0.6) is 5.75 Å². The quantitative estimate of drug-likeness (QED) is 0.448. The number of sulfonamides is 1. The van der Waals surface area contributed by atoms with Crippen molar-refractivity contribution in [1.82, 2.24) is 9.62 Å². The molecule has 256 valence electrons. The molecule has 2 fully saturated rings. The third-order valence-corrected chi connectivity index (χ3v) is 13.0. The molecule has 0 spiro atoms. The first-order valence-electron chi connectivity index (χ1n) is 16.9. The Morgan fingerprint density at radius 2 is 1.81 bits per heavy atom. The number of aliphatic hydroxyl groups is 1. The number of carbonyl (C=O) groups is 2. The van der Waals surface area contributed by atoms with Crippen LogP contribution < -0.4 is 14.4 Å². The van der Waals surface area contributed by atoms with Gasteiger partial charge in [0.15, 0.2) is 0 Å². The number of fused-ring (bicyclic) bond motifs is 3. The number of morpholine rings is 1. The van der Waals surface area contributed by atoms with Crippen LogP contribution in [-0.2, 0) is 32.6 Å². The largest absolute Gasteiger partial charge is 0.487 e. The van der Waals surface area contributed by atoms with E-state index < -0.39 is 33.2 Å². The average Bonchev–Trinajstić information content (AvgIpc) is 3.05. The predicted molar refractivity (Wildman–Crippen MR) is 180 cm³/mol. The van der Waals surface area contributed by atoms with Crippen LogP contribution >= 0.6 is 11.6 Å². The third-order valence-electron chi connectivity index (χ3n) is 10.8. The summed E-state index contributed by atoms with van der Waals surface area (Å²) in [5.41, 5.74) is 3.17. The lowest BCUT2D eigenvalue weighted by atomic mass is 9.68. The fraction of sp³-hybridized carbons (Fsp3) is 0.600. The van der Waals surface area contributed by atoms with E-state index in [1.807, 2.05) is 25.1 Å². The van der Waals surface area contributed by atoms with E-state index in [9.17, 15) is 23.1 Å². The Morgan fingerprint density at radius 3 is 2.57 bits per heavy atom. The molecule has 1 saturated heterocycles. The Balaban J connectivity index is 1.36. The van der Waals surface area contributed by atoms with E-state index in [1.165, 1.54) is 0 Å². The van der Waals surface area contributed by atoms with E-state index in [0.717, 1.165) is 48.9 Å². The Bertz CT molecular complexity index is 1590. The highest BCUT2D eigenvalue weighted by Crippen LogP contribution is 2.42. The van der Waals surface area contributed by atoms with Gasteiger partial charge in [-0.25, -0.2) is 13.1 Å². The number of halogens is 1. The number of anilines is 1. The van der Waals surface area contributed by atoms with Crippen molar-refractivity contribution in [3.63, 3.8) is 0 Å². The van der Waals surface area contributed by atoms with Gasteiger partial charge in [-0.1, -0.05) is 24.6 Å². The third kappa shape index (κ3) is 7.58. The van der Waals surface area contributed by atoms with Gasteiger partial charge in [-0.2, -0.15) is 0 Å². The zero-order chi connectivity index (χ0) is 33.3. The van der Waals surface area contributed by atoms with Gasteiger partial charge in [0.05, 0.1) is 23.6 Å². The number of aliphatic hydroxyl groups excluding tert-OH is 1. The maximum Gasteiger partial charge on any atom is 0.264 e. The monoisotopic (exact) mass is 687 g/mol. The first-order valence-corrected chi connectivity index (χ1v) is 18.8. The van der Waals surface area contributed by atoms with E-state index in [1.54, 1.807) is 30.0 Å². The van der Waals surface area contributed by atoms with Crippen molar-refractivity contribution >= 4 is 39.1 Å². The van der Waals surface area contributed by atoms with Crippen LogP contribution in [0.2, 0.25) is 5.02 Å². The number of benzene rings is 2. The molecule has 1 aliphatic carbocycles. The molecule has 6 atom stereocenters. The van der Waals surface area contributed by atoms with Gasteiger partial charge in [0.2, 0.25) is 15.9 Å². The molecule has 2 aromatic rings. The lowest BCUT2D eigenvalue weighted by molar-refractivity contribution is -0.147. The molecule has 2 aromatic carbocycles. The second-order valence-electron chi connectivity index (χ2n) is 13.8. The minimum atomic E-state index is -4.07. The number of aryl methyl sites for hydroxylation is 1. The van der Waals surface area contributed by atoms with Crippen LogP contribution in [0.25, 0.3) is 0 Å². The van der Waals surface area contributed by atoms with Crippen LogP contribution in [0.1, 0.15) is 73.9 Å². The normalized spacial score (nSPS) is 30.5. The molecule has 3 heterocycles. The van der Waals surface area contributed by atoms with Crippen LogP contribution in [0.15, 0.2) is 36.4 Å². The number of rotatable bonds is 1. The number of nitrogens with zero attached hydrogens (tertiary/aromatic N) is 2. The molecule has 0 aromatic heterocycles. The Kier molecular flexibility index (Phi) is 10.4. The van der Waals surface area contributed by atoms with Gasteiger partial charge in [-0.05, 0) is 111 Å². The topological polar surface area (TPSA) is 125 Å². The molecule has 2 N–H and O–H groups in total. The van der Waals surface area contributed by atoms with Crippen molar-refractivity contribution in [2.75, 3.05) is 37.7 Å². The van der Waals surface area contributed by atoms with Crippen LogP contribution in [0, 0.1) is 17.8 Å².